The van der Waals surface area contributed by atoms with E-state index >= 15 is 0 Å². The van der Waals surface area contributed by atoms with E-state index in [0.29, 0.717) is 6.04 Å². The Labute approximate surface area is 129 Å². The largest absolute Gasteiger partial charge is 0.309 e. The molecular weight excluding hydrogens is 265 g/mol. The van der Waals surface area contributed by atoms with E-state index in [4.69, 9.17) is 0 Å². The second kappa shape index (κ2) is 9.85. The van der Waals surface area contributed by atoms with Gasteiger partial charge in [-0.3, -0.25) is 4.98 Å². The minimum Gasteiger partial charge on any atom is -0.309 e. The van der Waals surface area contributed by atoms with Crippen LogP contribution < -0.4 is 5.32 Å². The first kappa shape index (κ1) is 18.1. The topological polar surface area (TPSA) is 28.2 Å². The first-order chi connectivity index (χ1) is 10.1. The zero-order valence-corrected chi connectivity index (χ0v) is 13.9. The first-order valence-electron chi connectivity index (χ1n) is 8.17. The van der Waals surface area contributed by atoms with Crippen molar-refractivity contribution in [2.45, 2.75) is 58.5 Å². The van der Waals surface area contributed by atoms with Crippen LogP contribution in [0, 0.1) is 5.82 Å². The Morgan fingerprint density at radius 3 is 2.48 bits per heavy atom. The monoisotopic (exact) mass is 295 g/mol. The molecule has 1 unspecified atom stereocenters. The lowest BCUT2D eigenvalue weighted by atomic mass is 10.1. The molecule has 1 atom stereocenters. The highest BCUT2D eigenvalue weighted by atomic mass is 19.1. The third kappa shape index (κ3) is 6.10. The summed E-state index contributed by atoms with van der Waals surface area (Å²) in [7, 11) is 2.19. The third-order valence-corrected chi connectivity index (χ3v) is 4.08. The Bertz CT molecular complexity index is 376. The first-order valence-corrected chi connectivity index (χ1v) is 8.17. The Kier molecular flexibility index (Phi) is 8.47. The van der Waals surface area contributed by atoms with E-state index in [-0.39, 0.29) is 11.9 Å². The van der Waals surface area contributed by atoms with Crippen molar-refractivity contribution in [2.75, 3.05) is 20.1 Å². The molecule has 1 aromatic heterocycles. The van der Waals surface area contributed by atoms with Gasteiger partial charge in [-0.15, -0.1) is 0 Å². The lowest BCUT2D eigenvalue weighted by Gasteiger charge is -2.28. The average molecular weight is 295 g/mol. The highest BCUT2D eigenvalue weighted by Gasteiger charge is 2.16. The number of rotatable bonds is 10. The summed E-state index contributed by atoms with van der Waals surface area (Å²) in [4.78, 5) is 6.66. The Morgan fingerprint density at radius 2 is 1.95 bits per heavy atom. The van der Waals surface area contributed by atoms with Gasteiger partial charge >= 0.3 is 0 Å². The molecule has 0 saturated heterocycles. The summed E-state index contributed by atoms with van der Waals surface area (Å²) < 4.78 is 13.0. The molecule has 120 valence electrons. The van der Waals surface area contributed by atoms with Crippen molar-refractivity contribution < 1.29 is 4.39 Å². The molecule has 0 fully saturated rings. The van der Waals surface area contributed by atoms with Gasteiger partial charge in [0.25, 0.3) is 0 Å². The molecule has 1 rings (SSSR count). The molecule has 1 N–H and O–H groups in total. The summed E-state index contributed by atoms with van der Waals surface area (Å²) in [6.45, 7) is 8.60. The maximum atomic E-state index is 13.0. The van der Waals surface area contributed by atoms with E-state index in [2.05, 4.69) is 43.0 Å². The van der Waals surface area contributed by atoms with Crippen molar-refractivity contribution >= 4 is 0 Å². The van der Waals surface area contributed by atoms with Gasteiger partial charge in [0.05, 0.1) is 17.9 Å². The predicted octanol–water partition coefficient (Wildman–Crippen LogP) is 3.77. The summed E-state index contributed by atoms with van der Waals surface area (Å²) >= 11 is 0. The fraction of sp³-hybridized carbons (Fsp3) is 0.706. The molecule has 0 aromatic carbocycles. The van der Waals surface area contributed by atoms with Gasteiger partial charge in [0.2, 0.25) is 0 Å². The van der Waals surface area contributed by atoms with Crippen LogP contribution in [0.15, 0.2) is 18.3 Å². The van der Waals surface area contributed by atoms with Gasteiger partial charge in [-0.05, 0) is 58.0 Å². The third-order valence-electron chi connectivity index (χ3n) is 4.08. The van der Waals surface area contributed by atoms with Crippen molar-refractivity contribution in [3.63, 3.8) is 0 Å². The van der Waals surface area contributed by atoms with Crippen molar-refractivity contribution in [1.82, 2.24) is 15.2 Å². The highest BCUT2D eigenvalue weighted by Crippen LogP contribution is 2.17. The minimum atomic E-state index is -0.276. The van der Waals surface area contributed by atoms with Gasteiger partial charge in [-0.25, -0.2) is 4.39 Å². The smallest absolute Gasteiger partial charge is 0.141 e. The molecule has 0 radical (unpaired) electrons. The summed E-state index contributed by atoms with van der Waals surface area (Å²) in [5, 5.41) is 3.52. The SMILES string of the molecule is CCCNC(CCN(C)C(CC)CC)c1ccc(F)cn1. The summed E-state index contributed by atoms with van der Waals surface area (Å²) in [6.07, 6.45) is 5.73. The van der Waals surface area contributed by atoms with Crippen LogP contribution in [0.25, 0.3) is 0 Å². The number of nitrogens with one attached hydrogen (secondary N) is 1. The molecule has 1 aromatic rings. The summed E-state index contributed by atoms with van der Waals surface area (Å²) in [5.74, 6) is -0.276. The summed E-state index contributed by atoms with van der Waals surface area (Å²) in [6, 6.07) is 4.12. The molecule has 21 heavy (non-hydrogen) atoms. The van der Waals surface area contributed by atoms with Gasteiger partial charge in [-0.1, -0.05) is 20.8 Å². The van der Waals surface area contributed by atoms with Gasteiger partial charge in [0, 0.05) is 6.04 Å². The van der Waals surface area contributed by atoms with Crippen LogP contribution in [0.2, 0.25) is 0 Å². The second-order valence-electron chi connectivity index (χ2n) is 5.65. The fourth-order valence-corrected chi connectivity index (χ4v) is 2.69. The highest BCUT2D eigenvalue weighted by molar-refractivity contribution is 5.10. The lowest BCUT2D eigenvalue weighted by Crippen LogP contribution is -2.34. The van der Waals surface area contributed by atoms with Crippen LogP contribution >= 0.6 is 0 Å². The fourth-order valence-electron chi connectivity index (χ4n) is 2.69. The van der Waals surface area contributed by atoms with E-state index in [1.54, 1.807) is 6.07 Å². The molecule has 0 saturated carbocycles. The van der Waals surface area contributed by atoms with Crippen molar-refractivity contribution in [2.24, 2.45) is 0 Å². The molecule has 1 heterocycles. The molecular formula is C17H30FN3. The van der Waals surface area contributed by atoms with Crippen LogP contribution in [0.5, 0.6) is 0 Å². The number of hydrogen-bond donors (Lipinski definition) is 1. The standard InChI is InChI=1S/C17H30FN3/c1-5-11-19-17(16-9-8-14(18)13-20-16)10-12-21(4)15(6-2)7-3/h8-9,13,15,17,19H,5-7,10-12H2,1-4H3. The van der Waals surface area contributed by atoms with Crippen molar-refractivity contribution in [1.29, 1.82) is 0 Å². The molecule has 4 heteroatoms. The zero-order valence-electron chi connectivity index (χ0n) is 13.9. The summed E-state index contributed by atoms with van der Waals surface area (Å²) in [5.41, 5.74) is 0.933. The molecule has 0 bridgehead atoms. The van der Waals surface area contributed by atoms with Gasteiger partial charge in [0.1, 0.15) is 5.82 Å². The van der Waals surface area contributed by atoms with Crippen LogP contribution in [0.4, 0.5) is 4.39 Å². The van der Waals surface area contributed by atoms with E-state index in [1.165, 1.54) is 25.1 Å². The number of hydrogen-bond acceptors (Lipinski definition) is 3. The Morgan fingerprint density at radius 1 is 1.24 bits per heavy atom. The molecule has 0 aliphatic rings. The van der Waals surface area contributed by atoms with Crippen LogP contribution in [-0.2, 0) is 0 Å². The van der Waals surface area contributed by atoms with E-state index in [0.717, 1.165) is 31.6 Å². The minimum absolute atomic E-state index is 0.197. The Hall–Kier alpha value is -1.00. The molecule has 0 aliphatic carbocycles. The van der Waals surface area contributed by atoms with E-state index in [1.807, 2.05) is 0 Å². The molecule has 0 spiro atoms. The van der Waals surface area contributed by atoms with Crippen LogP contribution in [0.1, 0.15) is 58.2 Å². The second-order valence-corrected chi connectivity index (χ2v) is 5.65. The molecule has 0 amide bonds. The maximum Gasteiger partial charge on any atom is 0.141 e. The number of halogens is 1. The van der Waals surface area contributed by atoms with Gasteiger partial charge in [0.15, 0.2) is 0 Å². The van der Waals surface area contributed by atoms with E-state index < -0.39 is 0 Å². The normalized spacial score (nSPS) is 13.1. The van der Waals surface area contributed by atoms with Gasteiger partial charge in [-0.2, -0.15) is 0 Å². The van der Waals surface area contributed by atoms with Crippen LogP contribution in [0.3, 0.4) is 0 Å². The van der Waals surface area contributed by atoms with Crippen LogP contribution in [-0.4, -0.2) is 36.1 Å². The lowest BCUT2D eigenvalue weighted by molar-refractivity contribution is 0.217. The number of pyridine rings is 1. The molecule has 3 nitrogen and oxygen atoms in total. The molecule has 0 aliphatic heterocycles. The number of nitrogens with zero attached hydrogens (tertiary/aromatic N) is 2. The maximum absolute atomic E-state index is 13.0. The Balaban J connectivity index is 2.63. The van der Waals surface area contributed by atoms with E-state index in [9.17, 15) is 4.39 Å². The van der Waals surface area contributed by atoms with Crippen molar-refractivity contribution in [3.8, 4) is 0 Å². The van der Waals surface area contributed by atoms with Crippen molar-refractivity contribution in [3.05, 3.63) is 29.8 Å². The average Bonchev–Trinajstić information content (AvgIpc) is 2.50. The zero-order chi connectivity index (χ0) is 15.7. The quantitative estimate of drug-likeness (QED) is 0.712. The number of aromatic nitrogens is 1. The predicted molar refractivity (Wildman–Crippen MR) is 86.8 cm³/mol. The van der Waals surface area contributed by atoms with Gasteiger partial charge < -0.3 is 10.2 Å².